The second-order valence-corrected chi connectivity index (χ2v) is 12.5. The van der Waals surface area contributed by atoms with Gasteiger partial charge in [0.15, 0.2) is 0 Å². The molecule has 4 aromatic rings. The summed E-state index contributed by atoms with van der Waals surface area (Å²) in [4.78, 5) is 4.56. The second kappa shape index (κ2) is 12.5. The van der Waals surface area contributed by atoms with E-state index in [9.17, 15) is 5.11 Å². The van der Waals surface area contributed by atoms with Gasteiger partial charge in [0.05, 0.1) is 5.69 Å². The first-order chi connectivity index (χ1) is 16.3. The number of aliphatic imine (C=N–C) groups is 1. The zero-order valence-electron chi connectivity index (χ0n) is 19.5. The van der Waals surface area contributed by atoms with Crippen LogP contribution in [0.15, 0.2) is 102 Å². The Balaban J connectivity index is 0.00000103. The van der Waals surface area contributed by atoms with Crippen LogP contribution in [0.4, 0.5) is 5.69 Å². The van der Waals surface area contributed by atoms with E-state index in [1.165, 1.54) is 16.7 Å². The summed E-state index contributed by atoms with van der Waals surface area (Å²) >= 11 is -0.826. The van der Waals surface area contributed by atoms with Crippen LogP contribution in [0, 0.1) is 0 Å². The fraction of sp³-hybridized carbons (Fsp3) is 0.138. The van der Waals surface area contributed by atoms with Gasteiger partial charge in [0, 0.05) is 11.8 Å². The van der Waals surface area contributed by atoms with Crippen LogP contribution < -0.4 is 0 Å². The molecular formula is C29H27Cl2NOZr. The third-order valence-corrected chi connectivity index (χ3v) is 5.42. The molecule has 172 valence electrons. The Morgan fingerprint density at radius 3 is 1.65 bits per heavy atom. The molecule has 34 heavy (non-hydrogen) atoms. The molecule has 0 radical (unpaired) electrons. The minimum absolute atomic E-state index is 0.119. The van der Waals surface area contributed by atoms with Gasteiger partial charge in [-0.15, -0.1) is 0 Å². The molecule has 0 fully saturated rings. The zero-order valence-corrected chi connectivity index (χ0v) is 23.4. The number of phenolic OH excluding ortho intramolecular Hbond substituents is 1. The second-order valence-electron chi connectivity index (χ2n) is 8.81. The van der Waals surface area contributed by atoms with E-state index in [1.807, 2.05) is 36.4 Å². The first-order valence-corrected chi connectivity index (χ1v) is 17.2. The molecule has 0 atom stereocenters. The topological polar surface area (TPSA) is 32.6 Å². The standard InChI is InChI=1S/C29H27NO.2ClH.Zr/c1-29(2,3)27-11-7-10-25(28(27)31)20-30-26-18-16-24(17-19-26)23-14-12-22(13-15-23)21-8-5-4-6-9-21;;;/h4-20,31H,1-3H3;2*1H;/q;;;+2/p-2. The van der Waals surface area contributed by atoms with Crippen molar-refractivity contribution in [3.63, 3.8) is 0 Å². The Hall–Kier alpha value is -2.19. The van der Waals surface area contributed by atoms with E-state index < -0.39 is 20.8 Å². The van der Waals surface area contributed by atoms with E-state index in [4.69, 9.17) is 17.0 Å². The maximum absolute atomic E-state index is 10.6. The van der Waals surface area contributed by atoms with Crippen LogP contribution in [0.1, 0.15) is 31.9 Å². The molecule has 2 nitrogen and oxygen atoms in total. The summed E-state index contributed by atoms with van der Waals surface area (Å²) in [5, 5.41) is 10.6. The van der Waals surface area contributed by atoms with Crippen molar-refractivity contribution < 1.29 is 26.0 Å². The first-order valence-electron chi connectivity index (χ1n) is 10.9. The Labute approximate surface area is 221 Å². The first kappa shape index (κ1) is 26.4. The van der Waals surface area contributed by atoms with E-state index in [0.717, 1.165) is 22.4 Å². The van der Waals surface area contributed by atoms with Gasteiger partial charge in [-0.3, -0.25) is 4.99 Å². The predicted molar refractivity (Wildman–Crippen MR) is 143 cm³/mol. The SMILES string of the molecule is CC(C)(C)c1cccc(C=Nc2ccc(-c3ccc(-c4ccccc4)cc3)cc2)c1O.[Cl][Zr][Cl]. The third-order valence-electron chi connectivity index (χ3n) is 5.42. The molecule has 0 amide bonds. The number of hydrogen-bond donors (Lipinski definition) is 1. The number of phenols is 1. The molecule has 0 spiro atoms. The fourth-order valence-corrected chi connectivity index (χ4v) is 3.64. The van der Waals surface area contributed by atoms with Crippen molar-refractivity contribution in [1.82, 2.24) is 0 Å². The van der Waals surface area contributed by atoms with Crippen LogP contribution in [0.3, 0.4) is 0 Å². The molecule has 0 aliphatic carbocycles. The van der Waals surface area contributed by atoms with Crippen molar-refractivity contribution in [2.45, 2.75) is 26.2 Å². The molecule has 0 aromatic heterocycles. The molecule has 0 heterocycles. The third kappa shape index (κ3) is 7.16. The number of aromatic hydroxyl groups is 1. The Kier molecular flexibility index (Phi) is 9.71. The van der Waals surface area contributed by atoms with Crippen molar-refractivity contribution in [3.8, 4) is 28.0 Å². The van der Waals surface area contributed by atoms with Gasteiger partial charge in [0.1, 0.15) is 5.75 Å². The zero-order chi connectivity index (χ0) is 24.6. The molecule has 4 aromatic carbocycles. The normalized spacial score (nSPS) is 11.1. The maximum atomic E-state index is 10.6. The van der Waals surface area contributed by atoms with Gasteiger partial charge in [-0.25, -0.2) is 0 Å². The van der Waals surface area contributed by atoms with E-state index in [-0.39, 0.29) is 5.41 Å². The summed E-state index contributed by atoms with van der Waals surface area (Å²) in [6.45, 7) is 6.27. The molecule has 0 bridgehead atoms. The summed E-state index contributed by atoms with van der Waals surface area (Å²) < 4.78 is 0. The fourth-order valence-electron chi connectivity index (χ4n) is 3.64. The minimum atomic E-state index is -0.826. The number of benzene rings is 4. The molecule has 4 rings (SSSR count). The van der Waals surface area contributed by atoms with Crippen molar-refractivity contribution in [3.05, 3.63) is 108 Å². The van der Waals surface area contributed by atoms with Gasteiger partial charge in [-0.2, -0.15) is 0 Å². The van der Waals surface area contributed by atoms with Crippen molar-refractivity contribution in [2.75, 3.05) is 0 Å². The summed E-state index contributed by atoms with van der Waals surface area (Å²) in [6, 6.07) is 33.0. The molecule has 0 unspecified atom stereocenters. The number of rotatable bonds is 4. The van der Waals surface area contributed by atoms with E-state index >= 15 is 0 Å². The number of halogens is 2. The van der Waals surface area contributed by atoms with Crippen LogP contribution in [-0.4, -0.2) is 11.3 Å². The molecule has 0 saturated carbocycles. The Morgan fingerprint density at radius 1 is 0.676 bits per heavy atom. The van der Waals surface area contributed by atoms with Gasteiger partial charge in [0.2, 0.25) is 0 Å². The summed E-state index contributed by atoms with van der Waals surface area (Å²) in [5.41, 5.74) is 7.14. The Morgan fingerprint density at radius 2 is 1.15 bits per heavy atom. The molecule has 0 aliphatic rings. The van der Waals surface area contributed by atoms with Crippen molar-refractivity contribution >= 4 is 28.9 Å². The number of para-hydroxylation sites is 1. The summed E-state index contributed by atoms with van der Waals surface area (Å²) in [6.07, 6.45) is 1.73. The molecular weight excluding hydrogens is 540 g/mol. The molecule has 5 heteroatoms. The molecule has 0 aliphatic heterocycles. The van der Waals surface area contributed by atoms with Gasteiger partial charge >= 0.3 is 37.9 Å². The van der Waals surface area contributed by atoms with Crippen LogP contribution in [0.2, 0.25) is 0 Å². The van der Waals surface area contributed by atoms with Crippen LogP contribution in [-0.2, 0) is 26.3 Å². The van der Waals surface area contributed by atoms with Gasteiger partial charge in [-0.1, -0.05) is 99.6 Å². The van der Waals surface area contributed by atoms with E-state index in [1.54, 1.807) is 6.21 Å². The van der Waals surface area contributed by atoms with Crippen molar-refractivity contribution in [2.24, 2.45) is 4.99 Å². The number of hydrogen-bond acceptors (Lipinski definition) is 2. The van der Waals surface area contributed by atoms with Gasteiger partial charge in [0.25, 0.3) is 0 Å². The number of nitrogens with zero attached hydrogens (tertiary/aromatic N) is 1. The average molecular weight is 568 g/mol. The summed E-state index contributed by atoms with van der Waals surface area (Å²) in [7, 11) is 9.87. The molecule has 0 saturated heterocycles. The predicted octanol–water partition coefficient (Wildman–Crippen LogP) is 9.15. The monoisotopic (exact) mass is 565 g/mol. The average Bonchev–Trinajstić information content (AvgIpc) is 2.84. The van der Waals surface area contributed by atoms with Crippen LogP contribution in [0.25, 0.3) is 22.3 Å². The van der Waals surface area contributed by atoms with Gasteiger partial charge in [-0.05, 0) is 51.4 Å². The molecule has 1 N–H and O–H groups in total. The van der Waals surface area contributed by atoms with Crippen LogP contribution in [0.5, 0.6) is 5.75 Å². The van der Waals surface area contributed by atoms with Crippen LogP contribution >= 0.6 is 17.0 Å². The van der Waals surface area contributed by atoms with E-state index in [0.29, 0.717) is 5.75 Å². The summed E-state index contributed by atoms with van der Waals surface area (Å²) in [5.74, 6) is 0.300. The Bertz CT molecular complexity index is 1220. The quantitative estimate of drug-likeness (QED) is 0.245. The van der Waals surface area contributed by atoms with Crippen molar-refractivity contribution in [1.29, 1.82) is 0 Å². The van der Waals surface area contributed by atoms with E-state index in [2.05, 4.69) is 86.4 Å². The van der Waals surface area contributed by atoms with Gasteiger partial charge < -0.3 is 5.11 Å².